The lowest BCUT2D eigenvalue weighted by molar-refractivity contribution is -0.120. The number of amides is 1. The molecule has 1 heterocycles. The van der Waals surface area contributed by atoms with Crippen LogP contribution in [0.25, 0.3) is 0 Å². The Hall–Kier alpha value is -1.40. The molecule has 1 saturated heterocycles. The number of anilines is 1. The van der Waals surface area contributed by atoms with Crippen molar-refractivity contribution in [2.24, 2.45) is 5.92 Å². The van der Waals surface area contributed by atoms with Gasteiger partial charge in [0.2, 0.25) is 15.9 Å². The van der Waals surface area contributed by atoms with Crippen LogP contribution in [0.15, 0.2) is 18.2 Å². The zero-order chi connectivity index (χ0) is 17.0. The lowest BCUT2D eigenvalue weighted by Crippen LogP contribution is -2.44. The van der Waals surface area contributed by atoms with Crippen molar-refractivity contribution in [3.8, 4) is 0 Å². The van der Waals surface area contributed by atoms with Gasteiger partial charge in [0.15, 0.2) is 0 Å². The lowest BCUT2D eigenvalue weighted by atomic mass is 9.98. The van der Waals surface area contributed by atoms with Crippen molar-refractivity contribution < 1.29 is 13.2 Å². The van der Waals surface area contributed by atoms with E-state index in [0.717, 1.165) is 29.7 Å². The number of nitrogens with zero attached hydrogens (tertiary/aromatic N) is 1. The molecule has 0 aromatic heterocycles. The number of nitrogens with one attached hydrogen (secondary N) is 1. The van der Waals surface area contributed by atoms with E-state index < -0.39 is 10.0 Å². The van der Waals surface area contributed by atoms with Gasteiger partial charge in [-0.1, -0.05) is 19.1 Å². The molecule has 1 amide bonds. The minimum Gasteiger partial charge on any atom is -0.326 e. The standard InChI is InChI=1S/C17H26N2O3S/c1-4-10-23(21,22)19-9-5-6-15(12-19)17(20)18-16-11-13(2)7-8-14(16)3/h7-8,11,15H,4-6,9-10,12H2,1-3H3,(H,18,20)/t15-/m0/s1. The minimum atomic E-state index is -3.23. The van der Waals surface area contributed by atoms with E-state index in [2.05, 4.69) is 5.32 Å². The number of piperidine rings is 1. The van der Waals surface area contributed by atoms with Crippen LogP contribution in [-0.2, 0) is 14.8 Å². The number of aryl methyl sites for hydroxylation is 2. The zero-order valence-electron chi connectivity index (χ0n) is 14.1. The van der Waals surface area contributed by atoms with E-state index in [-0.39, 0.29) is 17.6 Å². The second kappa shape index (κ2) is 7.45. The molecular formula is C17H26N2O3S. The van der Waals surface area contributed by atoms with Gasteiger partial charge < -0.3 is 5.32 Å². The minimum absolute atomic E-state index is 0.0879. The summed E-state index contributed by atoms with van der Waals surface area (Å²) in [6.07, 6.45) is 2.06. The summed E-state index contributed by atoms with van der Waals surface area (Å²) >= 11 is 0. The number of rotatable bonds is 5. The van der Waals surface area contributed by atoms with E-state index >= 15 is 0 Å². The monoisotopic (exact) mass is 338 g/mol. The maximum absolute atomic E-state index is 12.5. The van der Waals surface area contributed by atoms with Gasteiger partial charge in [0.05, 0.1) is 11.7 Å². The van der Waals surface area contributed by atoms with Crippen molar-refractivity contribution in [1.82, 2.24) is 4.31 Å². The van der Waals surface area contributed by atoms with E-state index in [9.17, 15) is 13.2 Å². The van der Waals surface area contributed by atoms with Crippen molar-refractivity contribution >= 4 is 21.6 Å². The van der Waals surface area contributed by atoms with Crippen LogP contribution >= 0.6 is 0 Å². The number of sulfonamides is 1. The van der Waals surface area contributed by atoms with Crippen LogP contribution in [0.1, 0.15) is 37.3 Å². The number of carbonyl (C=O) groups excluding carboxylic acids is 1. The molecule has 0 bridgehead atoms. The average Bonchev–Trinajstić information content (AvgIpc) is 2.51. The molecular weight excluding hydrogens is 312 g/mol. The van der Waals surface area contributed by atoms with Crippen LogP contribution in [0.4, 0.5) is 5.69 Å². The van der Waals surface area contributed by atoms with E-state index in [1.54, 1.807) is 0 Å². The topological polar surface area (TPSA) is 66.5 Å². The molecule has 1 fully saturated rings. The van der Waals surface area contributed by atoms with Crippen LogP contribution in [0, 0.1) is 19.8 Å². The van der Waals surface area contributed by atoms with Gasteiger partial charge in [-0.15, -0.1) is 0 Å². The molecule has 0 unspecified atom stereocenters. The SMILES string of the molecule is CCCS(=O)(=O)N1CCC[C@H](C(=O)Nc2cc(C)ccc2C)C1. The predicted molar refractivity (Wildman–Crippen MR) is 92.9 cm³/mol. The highest BCUT2D eigenvalue weighted by Crippen LogP contribution is 2.23. The average molecular weight is 338 g/mol. The van der Waals surface area contributed by atoms with Gasteiger partial charge in [0.25, 0.3) is 0 Å². The van der Waals surface area contributed by atoms with Crippen LogP contribution in [0.5, 0.6) is 0 Å². The van der Waals surface area contributed by atoms with Crippen LogP contribution in [0.3, 0.4) is 0 Å². The summed E-state index contributed by atoms with van der Waals surface area (Å²) in [6.45, 7) is 6.60. The maximum atomic E-state index is 12.5. The molecule has 6 heteroatoms. The molecule has 2 rings (SSSR count). The van der Waals surface area contributed by atoms with Crippen molar-refractivity contribution in [2.75, 3.05) is 24.2 Å². The molecule has 5 nitrogen and oxygen atoms in total. The Kier molecular flexibility index (Phi) is 5.81. The van der Waals surface area contributed by atoms with Crippen molar-refractivity contribution in [1.29, 1.82) is 0 Å². The summed E-state index contributed by atoms with van der Waals surface area (Å²) in [7, 11) is -3.23. The van der Waals surface area contributed by atoms with Gasteiger partial charge >= 0.3 is 0 Å². The Morgan fingerprint density at radius 1 is 1.35 bits per heavy atom. The molecule has 0 radical (unpaired) electrons. The summed E-state index contributed by atoms with van der Waals surface area (Å²) < 4.78 is 25.9. The molecule has 1 aromatic carbocycles. The first-order valence-corrected chi connectivity index (χ1v) is 9.80. The van der Waals surface area contributed by atoms with Gasteiger partial charge in [-0.05, 0) is 50.3 Å². The Bertz CT molecular complexity index is 670. The number of hydrogen-bond acceptors (Lipinski definition) is 3. The first kappa shape index (κ1) is 17.9. The fourth-order valence-electron chi connectivity index (χ4n) is 2.90. The first-order chi connectivity index (χ1) is 10.8. The van der Waals surface area contributed by atoms with Crippen LogP contribution in [0.2, 0.25) is 0 Å². The quantitative estimate of drug-likeness (QED) is 0.897. The molecule has 1 aromatic rings. The highest BCUT2D eigenvalue weighted by Gasteiger charge is 2.31. The first-order valence-electron chi connectivity index (χ1n) is 8.19. The van der Waals surface area contributed by atoms with E-state index in [1.807, 2.05) is 39.0 Å². The summed E-state index contributed by atoms with van der Waals surface area (Å²) in [5.74, 6) is -0.219. The van der Waals surface area contributed by atoms with E-state index in [1.165, 1.54) is 4.31 Å². The summed E-state index contributed by atoms with van der Waals surface area (Å²) in [6, 6.07) is 5.93. The maximum Gasteiger partial charge on any atom is 0.228 e. The number of carbonyl (C=O) groups is 1. The fourth-order valence-corrected chi connectivity index (χ4v) is 4.49. The molecule has 1 aliphatic heterocycles. The summed E-state index contributed by atoms with van der Waals surface area (Å²) in [5.41, 5.74) is 2.90. The van der Waals surface area contributed by atoms with Crippen molar-refractivity contribution in [3.05, 3.63) is 29.3 Å². The molecule has 0 spiro atoms. The smallest absolute Gasteiger partial charge is 0.228 e. The molecule has 1 aliphatic rings. The van der Waals surface area contributed by atoms with Gasteiger partial charge in [-0.2, -0.15) is 0 Å². The molecule has 0 aliphatic carbocycles. The normalized spacial score (nSPS) is 19.5. The third kappa shape index (κ3) is 4.54. The van der Waals surface area contributed by atoms with Crippen molar-refractivity contribution in [2.45, 2.75) is 40.0 Å². The van der Waals surface area contributed by atoms with Crippen LogP contribution < -0.4 is 5.32 Å². The fraction of sp³-hybridized carbons (Fsp3) is 0.588. The van der Waals surface area contributed by atoms with E-state index in [4.69, 9.17) is 0 Å². The Labute approximate surface area is 139 Å². The lowest BCUT2D eigenvalue weighted by Gasteiger charge is -2.31. The van der Waals surface area contributed by atoms with Gasteiger partial charge in [0, 0.05) is 18.8 Å². The molecule has 23 heavy (non-hydrogen) atoms. The Morgan fingerprint density at radius 2 is 2.09 bits per heavy atom. The largest absolute Gasteiger partial charge is 0.326 e. The zero-order valence-corrected chi connectivity index (χ0v) is 14.9. The summed E-state index contributed by atoms with van der Waals surface area (Å²) in [4.78, 5) is 12.5. The van der Waals surface area contributed by atoms with E-state index in [0.29, 0.717) is 19.5 Å². The molecule has 1 N–H and O–H groups in total. The second-order valence-electron chi connectivity index (χ2n) is 6.32. The molecule has 0 saturated carbocycles. The molecule has 1 atom stereocenters. The third-order valence-corrected chi connectivity index (χ3v) is 6.30. The van der Waals surface area contributed by atoms with Gasteiger partial charge in [-0.25, -0.2) is 12.7 Å². The highest BCUT2D eigenvalue weighted by molar-refractivity contribution is 7.89. The predicted octanol–water partition coefficient (Wildman–Crippen LogP) is 2.69. The number of hydrogen-bond donors (Lipinski definition) is 1. The van der Waals surface area contributed by atoms with Gasteiger partial charge in [-0.3, -0.25) is 4.79 Å². The number of benzene rings is 1. The third-order valence-electron chi connectivity index (χ3n) is 4.26. The second-order valence-corrected chi connectivity index (χ2v) is 8.41. The Morgan fingerprint density at radius 3 is 2.78 bits per heavy atom. The summed E-state index contributed by atoms with van der Waals surface area (Å²) in [5, 5.41) is 2.96. The van der Waals surface area contributed by atoms with Crippen molar-refractivity contribution in [3.63, 3.8) is 0 Å². The van der Waals surface area contributed by atoms with Gasteiger partial charge in [0.1, 0.15) is 0 Å². The van der Waals surface area contributed by atoms with Crippen LogP contribution in [-0.4, -0.2) is 37.5 Å². The molecule has 128 valence electrons. The Balaban J connectivity index is 2.06. The highest BCUT2D eigenvalue weighted by atomic mass is 32.2.